The van der Waals surface area contributed by atoms with Gasteiger partial charge in [0.05, 0.1) is 26.4 Å². The quantitative estimate of drug-likeness (QED) is 0.0222. The van der Waals surface area contributed by atoms with Crippen molar-refractivity contribution in [2.24, 2.45) is 0 Å². The van der Waals surface area contributed by atoms with Crippen LogP contribution in [0, 0.1) is 0 Å². The maximum Gasteiger partial charge on any atom is 0.472 e. The lowest BCUT2D eigenvalue weighted by Gasteiger charge is -2.21. The second-order valence-electron chi connectivity index (χ2n) is 31.3. The molecule has 0 radical (unpaired) electrons. The molecule has 0 amide bonds. The Morgan fingerprint density at radius 3 is 0.557 bits per heavy atom. The van der Waals surface area contributed by atoms with Crippen molar-refractivity contribution >= 4 is 39.5 Å². The summed E-state index contributed by atoms with van der Waals surface area (Å²) in [5.74, 6) is -2.09. The molecule has 0 spiro atoms. The van der Waals surface area contributed by atoms with Gasteiger partial charge in [0.25, 0.3) is 0 Å². The van der Waals surface area contributed by atoms with Crippen LogP contribution >= 0.6 is 15.6 Å². The van der Waals surface area contributed by atoms with Gasteiger partial charge in [-0.2, -0.15) is 0 Å². The second kappa shape index (κ2) is 81.1. The summed E-state index contributed by atoms with van der Waals surface area (Å²) in [6, 6.07) is 0. The van der Waals surface area contributed by atoms with E-state index in [1.165, 1.54) is 308 Å². The highest BCUT2D eigenvalue weighted by Crippen LogP contribution is 2.45. The van der Waals surface area contributed by atoms with E-state index in [0.717, 1.165) is 89.9 Å². The number of carbonyl (C=O) groups excluding carboxylic acids is 4. The maximum absolute atomic E-state index is 13.2. The third-order valence-electron chi connectivity index (χ3n) is 20.6. The summed E-state index contributed by atoms with van der Waals surface area (Å²) in [7, 11) is -9.93. The number of hydrogen-bond donors (Lipinski definition) is 3. The van der Waals surface area contributed by atoms with Crippen LogP contribution in [0.4, 0.5) is 0 Å². The molecule has 0 heterocycles. The Bertz CT molecular complexity index is 2000. The van der Waals surface area contributed by atoms with Crippen LogP contribution in [-0.4, -0.2) is 96.7 Å². The van der Waals surface area contributed by atoms with Crippen LogP contribution in [0.1, 0.15) is 477 Å². The first kappa shape index (κ1) is 104. The standard InChI is InChI=1S/C87H170O17P2/c1-5-9-13-17-21-25-29-33-36-38-40-41-42-44-47-50-54-58-62-66-70-74-87(92)104-83(78-98-85(90)72-68-64-60-56-52-48-46-43-39-37-34-30-26-22-18-14-10-6-2)80-102-106(95,96)100-76-81(88)75-99-105(93,94)101-79-82(77-97-84(89)71-67-63-59-55-51-32-28-24-20-16-12-8-4)103-86(91)73-69-65-61-57-53-49-45-35-31-27-23-19-15-11-7-3/h81-83,88H,5-80H2,1-4H3,(H,93,94)(H,95,96)/t81-,82+,83+/m0/s1. The monoisotopic (exact) mass is 1550 g/mol. The third kappa shape index (κ3) is 80.1. The summed E-state index contributed by atoms with van der Waals surface area (Å²) in [5, 5.41) is 10.7. The SMILES string of the molecule is CCCCCCCCCCCCCCCCCCCCCCCC(=O)O[C@H](COC(=O)CCCCCCCCCCCCCCCCCCCC)COP(=O)(O)OC[C@@H](O)COP(=O)(O)OC[C@@H](COC(=O)CCCCCCCCCCCCCC)OC(=O)CCCCCCCCCCCCCCCCC. The number of phosphoric acid groups is 2. The fraction of sp³-hybridized carbons (Fsp3) is 0.954. The van der Waals surface area contributed by atoms with Crippen molar-refractivity contribution in [3.63, 3.8) is 0 Å². The molecule has 3 N–H and O–H groups in total. The predicted octanol–water partition coefficient (Wildman–Crippen LogP) is 26.9. The van der Waals surface area contributed by atoms with Gasteiger partial charge in [0.2, 0.25) is 0 Å². The molecule has 5 atom stereocenters. The molecular weight excluding hydrogens is 1380 g/mol. The Labute approximate surface area is 651 Å². The van der Waals surface area contributed by atoms with Gasteiger partial charge in [-0.15, -0.1) is 0 Å². The minimum atomic E-state index is -4.97. The highest BCUT2D eigenvalue weighted by atomic mass is 31.2. The normalized spacial score (nSPS) is 13.7. The average Bonchev–Trinajstić information content (AvgIpc) is 0.920. The molecule has 0 aromatic rings. The molecular formula is C87H170O17P2. The topological polar surface area (TPSA) is 237 Å². The number of unbranched alkanes of at least 4 members (excludes halogenated alkanes) is 62. The van der Waals surface area contributed by atoms with Crippen molar-refractivity contribution in [2.45, 2.75) is 495 Å². The van der Waals surface area contributed by atoms with E-state index in [4.69, 9.17) is 37.0 Å². The molecule has 19 heteroatoms. The molecule has 0 aliphatic rings. The number of ether oxygens (including phenoxy) is 4. The lowest BCUT2D eigenvalue weighted by atomic mass is 10.0. The molecule has 0 aromatic heterocycles. The zero-order valence-corrected chi connectivity index (χ0v) is 71.2. The number of esters is 4. The second-order valence-corrected chi connectivity index (χ2v) is 34.2. The predicted molar refractivity (Wildman–Crippen MR) is 437 cm³/mol. The van der Waals surface area contributed by atoms with Gasteiger partial charge in [0.1, 0.15) is 19.3 Å². The zero-order chi connectivity index (χ0) is 77.4. The van der Waals surface area contributed by atoms with E-state index in [9.17, 15) is 43.2 Å². The molecule has 0 rings (SSSR count). The van der Waals surface area contributed by atoms with Crippen molar-refractivity contribution in [3.05, 3.63) is 0 Å². The van der Waals surface area contributed by atoms with Crippen molar-refractivity contribution in [1.82, 2.24) is 0 Å². The first-order valence-electron chi connectivity index (χ1n) is 45.3. The molecule has 0 saturated heterocycles. The fourth-order valence-corrected chi connectivity index (χ4v) is 15.3. The molecule has 630 valence electrons. The smallest absolute Gasteiger partial charge is 0.462 e. The number of aliphatic hydroxyl groups excluding tert-OH is 1. The molecule has 0 aliphatic heterocycles. The lowest BCUT2D eigenvalue weighted by molar-refractivity contribution is -0.161. The molecule has 0 aromatic carbocycles. The van der Waals surface area contributed by atoms with E-state index < -0.39 is 97.5 Å². The highest BCUT2D eigenvalue weighted by Gasteiger charge is 2.30. The molecule has 0 saturated carbocycles. The lowest BCUT2D eigenvalue weighted by Crippen LogP contribution is -2.30. The van der Waals surface area contributed by atoms with E-state index in [-0.39, 0.29) is 25.7 Å². The van der Waals surface area contributed by atoms with Gasteiger partial charge in [-0.25, -0.2) is 9.13 Å². The van der Waals surface area contributed by atoms with Crippen molar-refractivity contribution in [3.8, 4) is 0 Å². The van der Waals surface area contributed by atoms with E-state index in [1.54, 1.807) is 0 Å². The highest BCUT2D eigenvalue weighted by molar-refractivity contribution is 7.47. The van der Waals surface area contributed by atoms with Gasteiger partial charge in [-0.3, -0.25) is 37.3 Å². The van der Waals surface area contributed by atoms with E-state index in [0.29, 0.717) is 25.7 Å². The van der Waals surface area contributed by atoms with Crippen LogP contribution in [0.2, 0.25) is 0 Å². The van der Waals surface area contributed by atoms with Crippen LogP contribution in [0.25, 0.3) is 0 Å². The third-order valence-corrected chi connectivity index (χ3v) is 22.5. The maximum atomic E-state index is 13.2. The summed E-state index contributed by atoms with van der Waals surface area (Å²) in [5.41, 5.74) is 0. The van der Waals surface area contributed by atoms with Gasteiger partial charge < -0.3 is 33.8 Å². The number of aliphatic hydroxyl groups is 1. The van der Waals surface area contributed by atoms with Crippen LogP contribution in [0.5, 0.6) is 0 Å². The van der Waals surface area contributed by atoms with Gasteiger partial charge in [-0.05, 0) is 25.7 Å². The van der Waals surface area contributed by atoms with Crippen molar-refractivity contribution in [2.75, 3.05) is 39.6 Å². The molecule has 0 fully saturated rings. The fourth-order valence-electron chi connectivity index (χ4n) is 13.7. The first-order valence-corrected chi connectivity index (χ1v) is 48.3. The molecule has 106 heavy (non-hydrogen) atoms. The Balaban J connectivity index is 5.24. The Morgan fingerprint density at radius 2 is 0.377 bits per heavy atom. The molecule has 0 aliphatic carbocycles. The van der Waals surface area contributed by atoms with E-state index >= 15 is 0 Å². The van der Waals surface area contributed by atoms with Crippen LogP contribution in [-0.2, 0) is 65.4 Å². The van der Waals surface area contributed by atoms with E-state index in [1.807, 2.05) is 0 Å². The van der Waals surface area contributed by atoms with Crippen LogP contribution in [0.3, 0.4) is 0 Å². The largest absolute Gasteiger partial charge is 0.472 e. The summed E-state index contributed by atoms with van der Waals surface area (Å²) in [4.78, 5) is 73.3. The molecule has 0 bridgehead atoms. The number of hydrogen-bond acceptors (Lipinski definition) is 15. The van der Waals surface area contributed by atoms with Gasteiger partial charge >= 0.3 is 39.5 Å². The first-order chi connectivity index (χ1) is 51.7. The molecule has 2 unspecified atom stereocenters. The minimum Gasteiger partial charge on any atom is -0.462 e. The summed E-state index contributed by atoms with van der Waals surface area (Å²) >= 11 is 0. The van der Waals surface area contributed by atoms with Gasteiger partial charge in [0, 0.05) is 25.7 Å². The summed E-state index contributed by atoms with van der Waals surface area (Å²) < 4.78 is 69.0. The van der Waals surface area contributed by atoms with E-state index in [2.05, 4.69) is 27.7 Å². The number of rotatable bonds is 88. The number of carbonyl (C=O) groups is 4. The van der Waals surface area contributed by atoms with Crippen LogP contribution in [0.15, 0.2) is 0 Å². The number of phosphoric ester groups is 2. The Kier molecular flexibility index (Phi) is 79.6. The van der Waals surface area contributed by atoms with Crippen molar-refractivity contribution in [1.29, 1.82) is 0 Å². The average molecular weight is 1550 g/mol. The zero-order valence-electron chi connectivity index (χ0n) is 69.4. The minimum absolute atomic E-state index is 0.109. The molecule has 17 nitrogen and oxygen atoms in total. The van der Waals surface area contributed by atoms with Gasteiger partial charge in [0.15, 0.2) is 12.2 Å². The Hall–Kier alpha value is -1.94. The Morgan fingerprint density at radius 1 is 0.226 bits per heavy atom. The summed E-state index contributed by atoms with van der Waals surface area (Å²) in [6.07, 6.45) is 76.3. The van der Waals surface area contributed by atoms with Crippen LogP contribution < -0.4 is 0 Å². The summed E-state index contributed by atoms with van der Waals surface area (Å²) in [6.45, 7) is 5.07. The van der Waals surface area contributed by atoms with Crippen molar-refractivity contribution < 1.29 is 80.2 Å². The van der Waals surface area contributed by atoms with Gasteiger partial charge in [-0.1, -0.05) is 426 Å².